The van der Waals surface area contributed by atoms with Gasteiger partial charge in [0.1, 0.15) is 0 Å². The van der Waals surface area contributed by atoms with E-state index in [0.717, 1.165) is 13.1 Å². The number of nitrogens with one attached hydrogen (secondary N) is 1. The first-order chi connectivity index (χ1) is 8.15. The van der Waals surface area contributed by atoms with Crippen molar-refractivity contribution in [2.75, 3.05) is 13.6 Å². The molecular weight excluding hydrogens is 228 g/mol. The van der Waals surface area contributed by atoms with Crippen LogP contribution < -0.4 is 5.32 Å². The van der Waals surface area contributed by atoms with Gasteiger partial charge in [0, 0.05) is 30.1 Å². The van der Waals surface area contributed by atoms with Crippen molar-refractivity contribution >= 4 is 11.3 Å². The van der Waals surface area contributed by atoms with Crippen molar-refractivity contribution in [2.45, 2.75) is 52.2 Å². The van der Waals surface area contributed by atoms with E-state index in [2.05, 4.69) is 55.5 Å². The molecule has 2 nitrogen and oxygen atoms in total. The van der Waals surface area contributed by atoms with Gasteiger partial charge in [-0.2, -0.15) is 0 Å². The van der Waals surface area contributed by atoms with Gasteiger partial charge in [-0.1, -0.05) is 19.4 Å². The summed E-state index contributed by atoms with van der Waals surface area (Å²) in [6.45, 7) is 8.93. The summed E-state index contributed by atoms with van der Waals surface area (Å²) in [6.07, 6.45) is 2.55. The molecule has 3 heteroatoms. The van der Waals surface area contributed by atoms with Gasteiger partial charge in [-0.25, -0.2) is 0 Å². The second-order valence-electron chi connectivity index (χ2n) is 4.86. The van der Waals surface area contributed by atoms with Gasteiger partial charge < -0.3 is 5.32 Å². The lowest BCUT2D eigenvalue weighted by Gasteiger charge is -2.30. The summed E-state index contributed by atoms with van der Waals surface area (Å²) in [7, 11) is 2.23. The molecule has 98 valence electrons. The van der Waals surface area contributed by atoms with Crippen molar-refractivity contribution in [3.05, 3.63) is 22.4 Å². The zero-order valence-corrected chi connectivity index (χ0v) is 12.4. The predicted molar refractivity (Wildman–Crippen MR) is 77.6 cm³/mol. The predicted octanol–water partition coefficient (Wildman–Crippen LogP) is 3.35. The van der Waals surface area contributed by atoms with E-state index >= 15 is 0 Å². The van der Waals surface area contributed by atoms with E-state index in [1.54, 1.807) is 0 Å². The normalized spacial score (nSPS) is 15.1. The molecule has 1 aromatic heterocycles. The van der Waals surface area contributed by atoms with Crippen LogP contribution in [-0.2, 0) is 6.54 Å². The second-order valence-corrected chi connectivity index (χ2v) is 5.89. The van der Waals surface area contributed by atoms with Crippen LogP contribution >= 0.6 is 11.3 Å². The SMILES string of the molecule is CCCC(C)N(C)C(C)CNCc1cccs1. The maximum absolute atomic E-state index is 3.53. The monoisotopic (exact) mass is 254 g/mol. The average Bonchev–Trinajstić information content (AvgIpc) is 2.81. The number of nitrogens with zero attached hydrogens (tertiary/aromatic N) is 1. The van der Waals surface area contributed by atoms with Gasteiger partial charge in [0.15, 0.2) is 0 Å². The molecule has 0 aliphatic rings. The minimum Gasteiger partial charge on any atom is -0.310 e. The fraction of sp³-hybridized carbons (Fsp3) is 0.714. The van der Waals surface area contributed by atoms with Crippen molar-refractivity contribution in [1.82, 2.24) is 10.2 Å². The highest BCUT2D eigenvalue weighted by molar-refractivity contribution is 7.09. The molecule has 2 atom stereocenters. The summed E-state index contributed by atoms with van der Waals surface area (Å²) in [5.74, 6) is 0. The molecule has 0 aromatic carbocycles. The minimum absolute atomic E-state index is 0.594. The van der Waals surface area contributed by atoms with Crippen LogP contribution in [0.5, 0.6) is 0 Å². The van der Waals surface area contributed by atoms with Gasteiger partial charge in [0.25, 0.3) is 0 Å². The first-order valence-electron chi connectivity index (χ1n) is 6.60. The molecule has 17 heavy (non-hydrogen) atoms. The highest BCUT2D eigenvalue weighted by Crippen LogP contribution is 2.09. The zero-order valence-electron chi connectivity index (χ0n) is 11.6. The summed E-state index contributed by atoms with van der Waals surface area (Å²) in [4.78, 5) is 3.90. The summed E-state index contributed by atoms with van der Waals surface area (Å²) in [5, 5.41) is 5.67. The van der Waals surface area contributed by atoms with E-state index in [0.29, 0.717) is 12.1 Å². The van der Waals surface area contributed by atoms with E-state index in [9.17, 15) is 0 Å². The Kier molecular flexibility index (Phi) is 6.78. The van der Waals surface area contributed by atoms with Gasteiger partial charge in [-0.3, -0.25) is 4.90 Å². The van der Waals surface area contributed by atoms with Crippen LogP contribution in [0.15, 0.2) is 17.5 Å². The maximum atomic E-state index is 3.53. The summed E-state index contributed by atoms with van der Waals surface area (Å²) in [6, 6.07) is 5.57. The Morgan fingerprint density at radius 2 is 2.12 bits per heavy atom. The highest BCUT2D eigenvalue weighted by Gasteiger charge is 2.14. The lowest BCUT2D eigenvalue weighted by molar-refractivity contribution is 0.183. The Morgan fingerprint density at radius 1 is 1.35 bits per heavy atom. The molecule has 0 fully saturated rings. The maximum Gasteiger partial charge on any atom is 0.0300 e. The van der Waals surface area contributed by atoms with Crippen LogP contribution in [-0.4, -0.2) is 30.6 Å². The van der Waals surface area contributed by atoms with Gasteiger partial charge in [0.05, 0.1) is 0 Å². The third-order valence-electron chi connectivity index (χ3n) is 3.42. The molecular formula is C14H26N2S. The Labute approximate surface area is 110 Å². The van der Waals surface area contributed by atoms with E-state index in [1.807, 2.05) is 11.3 Å². The molecule has 2 unspecified atom stereocenters. The zero-order chi connectivity index (χ0) is 12.7. The first-order valence-corrected chi connectivity index (χ1v) is 7.48. The smallest absolute Gasteiger partial charge is 0.0300 e. The number of rotatable bonds is 8. The second kappa shape index (κ2) is 7.85. The standard InChI is InChI=1S/C14H26N2S/c1-5-7-12(2)16(4)13(3)10-15-11-14-8-6-9-17-14/h6,8-9,12-13,15H,5,7,10-11H2,1-4H3. The molecule has 0 amide bonds. The first kappa shape index (κ1) is 14.7. The van der Waals surface area contributed by atoms with E-state index in [1.165, 1.54) is 17.7 Å². The van der Waals surface area contributed by atoms with Crippen molar-refractivity contribution in [1.29, 1.82) is 0 Å². The fourth-order valence-corrected chi connectivity index (χ4v) is 2.69. The Balaban J connectivity index is 2.21. The van der Waals surface area contributed by atoms with Crippen molar-refractivity contribution in [3.8, 4) is 0 Å². The van der Waals surface area contributed by atoms with Crippen molar-refractivity contribution in [3.63, 3.8) is 0 Å². The molecule has 0 saturated heterocycles. The quantitative estimate of drug-likeness (QED) is 0.765. The fourth-order valence-electron chi connectivity index (χ4n) is 2.02. The molecule has 1 heterocycles. The Morgan fingerprint density at radius 3 is 2.71 bits per heavy atom. The van der Waals surface area contributed by atoms with Crippen LogP contribution in [0.25, 0.3) is 0 Å². The third-order valence-corrected chi connectivity index (χ3v) is 4.29. The number of hydrogen-bond donors (Lipinski definition) is 1. The molecule has 0 spiro atoms. The molecule has 0 aliphatic heterocycles. The van der Waals surface area contributed by atoms with Crippen LogP contribution in [0.2, 0.25) is 0 Å². The molecule has 1 N–H and O–H groups in total. The third kappa shape index (κ3) is 5.19. The van der Waals surface area contributed by atoms with E-state index < -0.39 is 0 Å². The molecule has 0 aliphatic carbocycles. The van der Waals surface area contributed by atoms with Gasteiger partial charge in [0.2, 0.25) is 0 Å². The minimum atomic E-state index is 0.594. The number of thiophene rings is 1. The Bertz CT molecular complexity index is 284. The van der Waals surface area contributed by atoms with Crippen LogP contribution in [0.4, 0.5) is 0 Å². The lowest BCUT2D eigenvalue weighted by atomic mass is 10.1. The van der Waals surface area contributed by atoms with Crippen molar-refractivity contribution < 1.29 is 0 Å². The summed E-state index contributed by atoms with van der Waals surface area (Å²) in [5.41, 5.74) is 0. The molecule has 1 rings (SSSR count). The Hall–Kier alpha value is -0.380. The molecule has 0 saturated carbocycles. The number of likely N-dealkylation sites (N-methyl/N-ethyl adjacent to an activating group) is 1. The van der Waals surface area contributed by atoms with E-state index in [4.69, 9.17) is 0 Å². The summed E-state index contributed by atoms with van der Waals surface area (Å²) >= 11 is 1.82. The van der Waals surface area contributed by atoms with Crippen molar-refractivity contribution in [2.24, 2.45) is 0 Å². The number of hydrogen-bond acceptors (Lipinski definition) is 3. The largest absolute Gasteiger partial charge is 0.310 e. The molecule has 0 radical (unpaired) electrons. The summed E-state index contributed by atoms with van der Waals surface area (Å²) < 4.78 is 0. The van der Waals surface area contributed by atoms with Crippen LogP contribution in [0.3, 0.4) is 0 Å². The van der Waals surface area contributed by atoms with Crippen LogP contribution in [0, 0.1) is 0 Å². The van der Waals surface area contributed by atoms with Gasteiger partial charge in [-0.15, -0.1) is 11.3 Å². The highest BCUT2D eigenvalue weighted by atomic mass is 32.1. The van der Waals surface area contributed by atoms with Crippen LogP contribution in [0.1, 0.15) is 38.5 Å². The van der Waals surface area contributed by atoms with E-state index in [-0.39, 0.29) is 0 Å². The van der Waals surface area contributed by atoms with Gasteiger partial charge >= 0.3 is 0 Å². The lowest BCUT2D eigenvalue weighted by Crippen LogP contribution is -2.42. The van der Waals surface area contributed by atoms with Gasteiger partial charge in [-0.05, 0) is 38.8 Å². The topological polar surface area (TPSA) is 15.3 Å². The molecule has 0 bridgehead atoms. The average molecular weight is 254 g/mol. The molecule has 1 aromatic rings.